The Morgan fingerprint density at radius 2 is 1.60 bits per heavy atom. The Hall–Kier alpha value is 0.177. The molecular weight excluding hydrogens is 200 g/mol. The zero-order valence-corrected chi connectivity index (χ0v) is 12.4. The van der Waals surface area contributed by atoms with Crippen molar-refractivity contribution in [2.45, 2.75) is 72.0 Å². The van der Waals surface area contributed by atoms with E-state index < -0.39 is 8.32 Å². The molecule has 0 amide bonds. The number of hydrogen-bond acceptors (Lipinski definition) is 1. The maximum Gasteiger partial charge on any atom is 0.186 e. The maximum absolute atomic E-state index is 5.81. The minimum absolute atomic E-state index is 0.874. The van der Waals surface area contributed by atoms with E-state index in [1.807, 2.05) is 0 Å². The molecule has 0 atom stereocenters. The monoisotopic (exact) mass is 230 g/mol. The summed E-state index contributed by atoms with van der Waals surface area (Å²) in [6.45, 7) is 12.3. The van der Waals surface area contributed by atoms with Crippen molar-refractivity contribution in [2.24, 2.45) is 5.92 Å². The van der Waals surface area contributed by atoms with Gasteiger partial charge in [-0.3, -0.25) is 0 Å². The normalized spacial score (nSPS) is 12.4. The molecular formula is C13H30OSi. The fourth-order valence-electron chi connectivity index (χ4n) is 1.92. The van der Waals surface area contributed by atoms with Gasteiger partial charge in [-0.15, -0.1) is 0 Å². The van der Waals surface area contributed by atoms with Gasteiger partial charge in [0.1, 0.15) is 0 Å². The molecule has 0 bridgehead atoms. The number of hydrogen-bond donors (Lipinski definition) is 0. The van der Waals surface area contributed by atoms with Crippen molar-refractivity contribution in [1.29, 1.82) is 0 Å². The molecule has 0 rings (SSSR count). The van der Waals surface area contributed by atoms with Gasteiger partial charge < -0.3 is 4.43 Å². The number of rotatable bonds is 9. The van der Waals surface area contributed by atoms with Gasteiger partial charge >= 0.3 is 0 Å². The highest BCUT2D eigenvalue weighted by Crippen LogP contribution is 2.17. The van der Waals surface area contributed by atoms with Gasteiger partial charge in [0.05, 0.1) is 0 Å². The molecule has 0 aromatic rings. The molecule has 1 nitrogen and oxygen atoms in total. The largest absolute Gasteiger partial charge is 0.418 e. The molecule has 0 aromatic heterocycles. The van der Waals surface area contributed by atoms with Crippen LogP contribution in [0.2, 0.25) is 19.1 Å². The van der Waals surface area contributed by atoms with Gasteiger partial charge in [-0.1, -0.05) is 46.0 Å². The van der Waals surface area contributed by atoms with Gasteiger partial charge in [0.25, 0.3) is 0 Å². The van der Waals surface area contributed by atoms with Crippen molar-refractivity contribution < 1.29 is 4.43 Å². The quantitative estimate of drug-likeness (QED) is 0.407. The first-order chi connectivity index (χ1) is 6.98. The fraction of sp³-hybridized carbons (Fsp3) is 1.00. The first kappa shape index (κ1) is 15.2. The van der Waals surface area contributed by atoms with Crippen LogP contribution < -0.4 is 0 Å². The molecule has 0 aliphatic carbocycles. The van der Waals surface area contributed by atoms with Crippen molar-refractivity contribution in [3.63, 3.8) is 0 Å². The van der Waals surface area contributed by atoms with Gasteiger partial charge in [-0.25, -0.2) is 0 Å². The molecule has 0 unspecified atom stereocenters. The van der Waals surface area contributed by atoms with Crippen LogP contribution in [0.25, 0.3) is 0 Å². The molecule has 0 aromatic carbocycles. The summed E-state index contributed by atoms with van der Waals surface area (Å²) in [7, 11) is -1.29. The predicted molar refractivity (Wildman–Crippen MR) is 71.8 cm³/mol. The molecule has 0 spiro atoms. The zero-order chi connectivity index (χ0) is 11.7. The summed E-state index contributed by atoms with van der Waals surface area (Å²) in [5, 5.41) is 0. The van der Waals surface area contributed by atoms with Crippen LogP contribution >= 0.6 is 0 Å². The van der Waals surface area contributed by atoms with Crippen molar-refractivity contribution in [2.75, 3.05) is 6.61 Å². The molecule has 0 radical (unpaired) electrons. The van der Waals surface area contributed by atoms with E-state index in [1.165, 1.54) is 38.1 Å². The molecule has 0 aliphatic rings. The molecule has 0 aliphatic heterocycles. The molecule has 0 saturated heterocycles. The molecule has 0 saturated carbocycles. The van der Waals surface area contributed by atoms with Crippen molar-refractivity contribution in [3.05, 3.63) is 0 Å². The summed E-state index contributed by atoms with van der Waals surface area (Å²) in [6.07, 6.45) is 6.99. The Morgan fingerprint density at radius 3 is 2.13 bits per heavy atom. The molecule has 0 heterocycles. The van der Waals surface area contributed by atoms with Crippen molar-refractivity contribution in [1.82, 2.24) is 0 Å². The smallest absolute Gasteiger partial charge is 0.186 e. The second kappa shape index (κ2) is 8.34. The zero-order valence-electron chi connectivity index (χ0n) is 11.4. The van der Waals surface area contributed by atoms with Crippen LogP contribution in [0.1, 0.15) is 52.9 Å². The van der Waals surface area contributed by atoms with Gasteiger partial charge in [-0.2, -0.15) is 0 Å². The molecule has 0 N–H and O–H groups in total. The highest BCUT2D eigenvalue weighted by atomic mass is 28.4. The van der Waals surface area contributed by atoms with Gasteiger partial charge in [0.15, 0.2) is 8.32 Å². The maximum atomic E-state index is 5.81. The Labute approximate surface area is 97.7 Å². The summed E-state index contributed by atoms with van der Waals surface area (Å²) in [5.41, 5.74) is 0. The minimum Gasteiger partial charge on any atom is -0.418 e. The van der Waals surface area contributed by atoms with Crippen LogP contribution in [0, 0.1) is 5.92 Å². The van der Waals surface area contributed by atoms with Crippen LogP contribution in [-0.4, -0.2) is 14.9 Å². The van der Waals surface area contributed by atoms with Gasteiger partial charge in [-0.05, 0) is 32.0 Å². The fourth-order valence-corrected chi connectivity index (χ4v) is 3.95. The lowest BCUT2D eigenvalue weighted by Gasteiger charge is -2.21. The first-order valence-electron chi connectivity index (χ1n) is 6.62. The van der Waals surface area contributed by atoms with Gasteiger partial charge in [0.2, 0.25) is 0 Å². The van der Waals surface area contributed by atoms with E-state index in [0.29, 0.717) is 0 Å². The number of unbranched alkanes of at least 4 members (excludes halogenated alkanes) is 3. The Kier molecular flexibility index (Phi) is 8.44. The van der Waals surface area contributed by atoms with Gasteiger partial charge in [0, 0.05) is 6.61 Å². The minimum atomic E-state index is -1.29. The third-order valence-electron chi connectivity index (χ3n) is 2.85. The second-order valence-electron chi connectivity index (χ2n) is 5.54. The average Bonchev–Trinajstić information content (AvgIpc) is 2.10. The summed E-state index contributed by atoms with van der Waals surface area (Å²) < 4.78 is 5.81. The van der Waals surface area contributed by atoms with E-state index >= 15 is 0 Å². The van der Waals surface area contributed by atoms with Crippen LogP contribution in [0.15, 0.2) is 0 Å². The molecule has 92 valence electrons. The highest BCUT2D eigenvalue weighted by Gasteiger charge is 2.20. The molecule has 2 heteroatoms. The van der Waals surface area contributed by atoms with Crippen LogP contribution in [0.3, 0.4) is 0 Å². The lowest BCUT2D eigenvalue weighted by atomic mass is 10.0. The summed E-state index contributed by atoms with van der Waals surface area (Å²) in [6, 6.07) is 1.34. The van der Waals surface area contributed by atoms with E-state index in [1.54, 1.807) is 0 Å². The van der Waals surface area contributed by atoms with E-state index in [4.69, 9.17) is 4.43 Å². The van der Waals surface area contributed by atoms with Crippen molar-refractivity contribution >= 4 is 8.32 Å². The Bertz CT molecular complexity index is 143. The standard InChI is InChI=1S/C13H30OSi/c1-6-14-15(4,5)12-10-8-7-9-11-13(2)3/h13H,6-12H2,1-5H3. The summed E-state index contributed by atoms with van der Waals surface area (Å²) in [4.78, 5) is 0. The SMILES string of the molecule is CCO[Si](C)(C)CCCCCCC(C)C. The lowest BCUT2D eigenvalue weighted by Crippen LogP contribution is -2.29. The Balaban J connectivity index is 3.30. The third kappa shape index (κ3) is 10.5. The van der Waals surface area contributed by atoms with Crippen LogP contribution in [0.5, 0.6) is 0 Å². The van der Waals surface area contributed by atoms with E-state index in [-0.39, 0.29) is 0 Å². The van der Waals surface area contributed by atoms with Crippen LogP contribution in [-0.2, 0) is 4.43 Å². The van der Waals surface area contributed by atoms with E-state index in [2.05, 4.69) is 33.9 Å². The molecule has 15 heavy (non-hydrogen) atoms. The van der Waals surface area contributed by atoms with E-state index in [9.17, 15) is 0 Å². The van der Waals surface area contributed by atoms with Crippen molar-refractivity contribution in [3.8, 4) is 0 Å². The first-order valence-corrected chi connectivity index (χ1v) is 9.73. The third-order valence-corrected chi connectivity index (χ3v) is 5.47. The lowest BCUT2D eigenvalue weighted by molar-refractivity contribution is 0.327. The topological polar surface area (TPSA) is 9.23 Å². The average molecular weight is 230 g/mol. The predicted octanol–water partition coefficient (Wildman–Crippen LogP) is 4.83. The Morgan fingerprint density at radius 1 is 1.00 bits per heavy atom. The summed E-state index contributed by atoms with van der Waals surface area (Å²) >= 11 is 0. The highest BCUT2D eigenvalue weighted by molar-refractivity contribution is 6.71. The molecule has 0 fully saturated rings. The van der Waals surface area contributed by atoms with Crippen LogP contribution in [0.4, 0.5) is 0 Å². The van der Waals surface area contributed by atoms with E-state index in [0.717, 1.165) is 12.5 Å². The second-order valence-corrected chi connectivity index (χ2v) is 9.85. The summed E-state index contributed by atoms with van der Waals surface area (Å²) in [5.74, 6) is 0.874.